The first-order chi connectivity index (χ1) is 12.3. The quantitative estimate of drug-likeness (QED) is 0.770. The molecule has 0 aliphatic carbocycles. The summed E-state index contributed by atoms with van der Waals surface area (Å²) in [6, 6.07) is 6.76. The van der Waals surface area contributed by atoms with Gasteiger partial charge in [-0.05, 0) is 44.9 Å². The monoisotopic (exact) mass is 357 g/mol. The van der Waals surface area contributed by atoms with E-state index in [0.717, 1.165) is 23.5 Å². The zero-order chi connectivity index (χ0) is 19.3. The first kappa shape index (κ1) is 19.7. The highest BCUT2D eigenvalue weighted by atomic mass is 16.5. The third-order valence-corrected chi connectivity index (χ3v) is 4.06. The zero-order valence-corrected chi connectivity index (χ0v) is 16.1. The lowest BCUT2D eigenvalue weighted by Gasteiger charge is -2.09. The normalized spacial score (nSPS) is 10.8. The molecular formula is C20H27N3O3. The molecule has 0 saturated carbocycles. The number of aromatic nitrogens is 2. The summed E-state index contributed by atoms with van der Waals surface area (Å²) in [4.78, 5) is 24.3. The van der Waals surface area contributed by atoms with Gasteiger partial charge in [-0.2, -0.15) is 5.10 Å². The van der Waals surface area contributed by atoms with Crippen LogP contribution in [0.3, 0.4) is 0 Å². The topological polar surface area (TPSA) is 73.2 Å². The summed E-state index contributed by atoms with van der Waals surface area (Å²) < 4.78 is 6.95. The van der Waals surface area contributed by atoms with Gasteiger partial charge in [0.15, 0.2) is 0 Å². The van der Waals surface area contributed by atoms with Gasteiger partial charge in [0, 0.05) is 23.5 Å². The fourth-order valence-corrected chi connectivity index (χ4v) is 2.82. The highest BCUT2D eigenvalue weighted by Crippen LogP contribution is 2.17. The van der Waals surface area contributed by atoms with Crippen LogP contribution in [0.4, 0.5) is 5.69 Å². The van der Waals surface area contributed by atoms with E-state index in [4.69, 9.17) is 4.74 Å². The molecular weight excluding hydrogens is 330 g/mol. The van der Waals surface area contributed by atoms with E-state index in [1.807, 2.05) is 18.5 Å². The van der Waals surface area contributed by atoms with Crippen LogP contribution in [0.5, 0.6) is 0 Å². The molecule has 0 aliphatic heterocycles. The van der Waals surface area contributed by atoms with E-state index in [0.29, 0.717) is 23.8 Å². The smallest absolute Gasteiger partial charge is 0.338 e. The van der Waals surface area contributed by atoms with Crippen LogP contribution in [-0.4, -0.2) is 28.3 Å². The third-order valence-electron chi connectivity index (χ3n) is 4.06. The van der Waals surface area contributed by atoms with Gasteiger partial charge in [0.25, 0.3) is 0 Å². The summed E-state index contributed by atoms with van der Waals surface area (Å²) in [7, 11) is 0. The maximum atomic E-state index is 12.5. The summed E-state index contributed by atoms with van der Waals surface area (Å²) in [6.45, 7) is 11.1. The van der Waals surface area contributed by atoms with Crippen LogP contribution < -0.4 is 5.32 Å². The van der Waals surface area contributed by atoms with E-state index in [2.05, 4.69) is 24.3 Å². The molecule has 6 heteroatoms. The second kappa shape index (κ2) is 8.65. The maximum Gasteiger partial charge on any atom is 0.338 e. The standard InChI is InChI=1S/C20H27N3O3/c1-6-26-20(25)16-8-7-9-17(10-16)21-19(24)11-18-14(4)22-23(15(18)5)12-13(2)3/h7-10,13H,6,11-12H2,1-5H3,(H,21,24). The molecule has 1 heterocycles. The van der Waals surface area contributed by atoms with Crippen LogP contribution in [0.25, 0.3) is 0 Å². The molecule has 2 rings (SSSR count). The Labute approximate surface area is 154 Å². The number of hydrogen-bond acceptors (Lipinski definition) is 4. The summed E-state index contributed by atoms with van der Waals surface area (Å²) in [5.74, 6) is -0.0492. The Morgan fingerprint density at radius 1 is 1.27 bits per heavy atom. The Kier molecular flexibility index (Phi) is 6.55. The van der Waals surface area contributed by atoms with Crippen molar-refractivity contribution in [2.24, 2.45) is 5.92 Å². The molecule has 2 aromatic rings. The van der Waals surface area contributed by atoms with Gasteiger partial charge in [0.2, 0.25) is 5.91 Å². The van der Waals surface area contributed by atoms with E-state index >= 15 is 0 Å². The van der Waals surface area contributed by atoms with E-state index in [-0.39, 0.29) is 12.3 Å². The van der Waals surface area contributed by atoms with Gasteiger partial charge < -0.3 is 10.1 Å². The fourth-order valence-electron chi connectivity index (χ4n) is 2.82. The van der Waals surface area contributed by atoms with Crippen molar-refractivity contribution >= 4 is 17.6 Å². The lowest BCUT2D eigenvalue weighted by atomic mass is 10.1. The number of nitrogens with zero attached hydrogens (tertiary/aromatic N) is 2. The Morgan fingerprint density at radius 2 is 2.00 bits per heavy atom. The number of anilines is 1. The summed E-state index contributed by atoms with van der Waals surface area (Å²) in [6.07, 6.45) is 0.249. The van der Waals surface area contributed by atoms with Gasteiger partial charge in [0.05, 0.1) is 24.3 Å². The van der Waals surface area contributed by atoms with Crippen LogP contribution in [-0.2, 0) is 22.5 Å². The van der Waals surface area contributed by atoms with Gasteiger partial charge >= 0.3 is 5.97 Å². The summed E-state index contributed by atoms with van der Waals surface area (Å²) in [5, 5.41) is 7.39. The van der Waals surface area contributed by atoms with Gasteiger partial charge in [0.1, 0.15) is 0 Å². The number of benzene rings is 1. The van der Waals surface area contributed by atoms with Crippen LogP contribution in [0.2, 0.25) is 0 Å². The van der Waals surface area contributed by atoms with Crippen LogP contribution in [0, 0.1) is 19.8 Å². The molecule has 0 saturated heterocycles. The molecule has 140 valence electrons. The van der Waals surface area contributed by atoms with Crippen molar-refractivity contribution in [3.8, 4) is 0 Å². The van der Waals surface area contributed by atoms with Gasteiger partial charge in [-0.1, -0.05) is 19.9 Å². The minimum atomic E-state index is -0.398. The van der Waals surface area contributed by atoms with Crippen molar-refractivity contribution in [1.82, 2.24) is 9.78 Å². The highest BCUT2D eigenvalue weighted by molar-refractivity contribution is 5.95. The lowest BCUT2D eigenvalue weighted by molar-refractivity contribution is -0.115. The molecule has 1 aromatic carbocycles. The SMILES string of the molecule is CCOC(=O)c1cccc(NC(=O)Cc2c(C)nn(CC(C)C)c2C)c1. The molecule has 0 unspecified atom stereocenters. The summed E-state index contributed by atoms with van der Waals surface area (Å²) in [5.41, 5.74) is 3.84. The second-order valence-corrected chi connectivity index (χ2v) is 6.75. The third kappa shape index (κ3) is 4.94. The molecule has 0 radical (unpaired) electrons. The average molecular weight is 357 g/mol. The van der Waals surface area contributed by atoms with Crippen molar-refractivity contribution in [3.63, 3.8) is 0 Å². The molecule has 6 nitrogen and oxygen atoms in total. The number of rotatable bonds is 7. The molecule has 0 aliphatic rings. The number of amides is 1. The van der Waals surface area contributed by atoms with E-state index in [1.54, 1.807) is 31.2 Å². The lowest BCUT2D eigenvalue weighted by Crippen LogP contribution is -2.16. The Hall–Kier alpha value is -2.63. The number of ether oxygens (including phenoxy) is 1. The van der Waals surface area contributed by atoms with Crippen molar-refractivity contribution in [2.75, 3.05) is 11.9 Å². The fraction of sp³-hybridized carbons (Fsp3) is 0.450. The summed E-state index contributed by atoms with van der Waals surface area (Å²) >= 11 is 0. The highest BCUT2D eigenvalue weighted by Gasteiger charge is 2.16. The molecule has 1 aromatic heterocycles. The maximum absolute atomic E-state index is 12.5. The second-order valence-electron chi connectivity index (χ2n) is 6.75. The number of esters is 1. The molecule has 0 fully saturated rings. The molecule has 1 amide bonds. The zero-order valence-electron chi connectivity index (χ0n) is 16.1. The largest absolute Gasteiger partial charge is 0.462 e. The van der Waals surface area contributed by atoms with Crippen molar-refractivity contribution < 1.29 is 14.3 Å². The van der Waals surface area contributed by atoms with E-state index in [1.165, 1.54) is 0 Å². The number of carbonyl (C=O) groups is 2. The number of hydrogen-bond donors (Lipinski definition) is 1. The van der Waals surface area contributed by atoms with Gasteiger partial charge in [-0.25, -0.2) is 4.79 Å². The Morgan fingerprint density at radius 3 is 2.65 bits per heavy atom. The van der Waals surface area contributed by atoms with Crippen molar-refractivity contribution in [2.45, 2.75) is 47.6 Å². The van der Waals surface area contributed by atoms with Crippen LogP contribution >= 0.6 is 0 Å². The van der Waals surface area contributed by atoms with E-state index < -0.39 is 5.97 Å². The van der Waals surface area contributed by atoms with Gasteiger partial charge in [-0.15, -0.1) is 0 Å². The van der Waals surface area contributed by atoms with Crippen molar-refractivity contribution in [1.29, 1.82) is 0 Å². The first-order valence-corrected chi connectivity index (χ1v) is 8.91. The predicted octanol–water partition coefficient (Wildman–Crippen LogP) is 3.51. The van der Waals surface area contributed by atoms with Crippen molar-refractivity contribution in [3.05, 3.63) is 46.8 Å². The first-order valence-electron chi connectivity index (χ1n) is 8.91. The predicted molar refractivity (Wildman–Crippen MR) is 101 cm³/mol. The van der Waals surface area contributed by atoms with E-state index in [9.17, 15) is 9.59 Å². The molecule has 0 atom stereocenters. The van der Waals surface area contributed by atoms with Gasteiger partial charge in [-0.3, -0.25) is 9.48 Å². The Balaban J connectivity index is 2.09. The Bertz CT molecular complexity index is 794. The number of aryl methyl sites for hydroxylation is 1. The van der Waals surface area contributed by atoms with Crippen LogP contribution in [0.1, 0.15) is 48.1 Å². The van der Waals surface area contributed by atoms with Crippen LogP contribution in [0.15, 0.2) is 24.3 Å². The molecule has 0 bridgehead atoms. The number of carbonyl (C=O) groups excluding carboxylic acids is 2. The molecule has 1 N–H and O–H groups in total. The minimum Gasteiger partial charge on any atom is -0.462 e. The molecule has 26 heavy (non-hydrogen) atoms. The number of nitrogens with one attached hydrogen (secondary N) is 1. The minimum absolute atomic E-state index is 0.138. The average Bonchev–Trinajstić information content (AvgIpc) is 2.82. The molecule has 0 spiro atoms.